The average Bonchev–Trinajstić information content (AvgIpc) is 2.56. The highest BCUT2D eigenvalue weighted by atomic mass is 19.2. The van der Waals surface area contributed by atoms with Crippen LogP contribution in [0.1, 0.15) is 27.4 Å². The van der Waals surface area contributed by atoms with Gasteiger partial charge >= 0.3 is 0 Å². The van der Waals surface area contributed by atoms with Crippen molar-refractivity contribution in [2.75, 3.05) is 10.6 Å². The van der Waals surface area contributed by atoms with E-state index in [2.05, 4.69) is 20.6 Å². The minimum atomic E-state index is -0.974. The van der Waals surface area contributed by atoms with Gasteiger partial charge in [0.25, 0.3) is 5.91 Å². The van der Waals surface area contributed by atoms with Crippen molar-refractivity contribution in [2.24, 2.45) is 0 Å². The van der Waals surface area contributed by atoms with Crippen LogP contribution in [0.4, 0.5) is 26.0 Å². The molecular formula is C20H18F2N4O. The molecule has 0 aliphatic rings. The normalized spacial score (nSPS) is 10.6. The third kappa shape index (κ3) is 4.63. The number of aromatic nitrogens is 2. The van der Waals surface area contributed by atoms with Gasteiger partial charge in [-0.05, 0) is 56.2 Å². The first-order valence-corrected chi connectivity index (χ1v) is 8.27. The predicted molar refractivity (Wildman–Crippen MR) is 100 cm³/mol. The Morgan fingerprint density at radius 1 is 0.852 bits per heavy atom. The van der Waals surface area contributed by atoms with E-state index in [4.69, 9.17) is 0 Å². The van der Waals surface area contributed by atoms with Crippen LogP contribution >= 0.6 is 0 Å². The van der Waals surface area contributed by atoms with Crippen molar-refractivity contribution < 1.29 is 13.6 Å². The Kier molecular flexibility index (Phi) is 5.12. The number of rotatable bonds is 4. The van der Waals surface area contributed by atoms with Crippen LogP contribution in [0.15, 0.2) is 42.5 Å². The van der Waals surface area contributed by atoms with E-state index < -0.39 is 11.6 Å². The first kappa shape index (κ1) is 18.4. The van der Waals surface area contributed by atoms with Gasteiger partial charge in [0.2, 0.25) is 0 Å². The number of carbonyl (C=O) groups excluding carboxylic acids is 1. The Bertz CT molecular complexity index is 1000. The molecule has 27 heavy (non-hydrogen) atoms. The number of benzene rings is 2. The second-order valence-electron chi connectivity index (χ2n) is 6.27. The van der Waals surface area contributed by atoms with E-state index in [1.54, 1.807) is 6.92 Å². The van der Waals surface area contributed by atoms with Crippen molar-refractivity contribution in [2.45, 2.75) is 20.8 Å². The molecule has 1 heterocycles. The van der Waals surface area contributed by atoms with Gasteiger partial charge in [-0.3, -0.25) is 4.79 Å². The summed E-state index contributed by atoms with van der Waals surface area (Å²) in [5.41, 5.74) is 3.21. The maximum absolute atomic E-state index is 13.4. The van der Waals surface area contributed by atoms with Crippen LogP contribution in [0.2, 0.25) is 0 Å². The van der Waals surface area contributed by atoms with Crippen LogP contribution in [0.25, 0.3) is 0 Å². The minimum Gasteiger partial charge on any atom is -0.340 e. The SMILES string of the molecule is Cc1cc(C)cc(NC(=O)c2cc(Nc3ccc(F)c(F)c3)nc(C)n2)c1. The van der Waals surface area contributed by atoms with Crippen LogP contribution in [-0.2, 0) is 0 Å². The Balaban J connectivity index is 1.83. The van der Waals surface area contributed by atoms with Crippen LogP contribution in [0.3, 0.4) is 0 Å². The van der Waals surface area contributed by atoms with Gasteiger partial charge in [0.05, 0.1) is 0 Å². The molecule has 0 saturated carbocycles. The lowest BCUT2D eigenvalue weighted by molar-refractivity contribution is 0.102. The van der Waals surface area contributed by atoms with Crippen molar-refractivity contribution in [1.29, 1.82) is 0 Å². The first-order chi connectivity index (χ1) is 12.8. The van der Waals surface area contributed by atoms with Crippen LogP contribution < -0.4 is 10.6 Å². The smallest absolute Gasteiger partial charge is 0.274 e. The van der Waals surface area contributed by atoms with Gasteiger partial charge in [0, 0.05) is 23.5 Å². The molecule has 0 atom stereocenters. The molecule has 2 aromatic carbocycles. The lowest BCUT2D eigenvalue weighted by Gasteiger charge is -2.10. The number of hydrogen-bond donors (Lipinski definition) is 2. The molecule has 0 aliphatic heterocycles. The molecular weight excluding hydrogens is 350 g/mol. The summed E-state index contributed by atoms with van der Waals surface area (Å²) in [5, 5.41) is 5.66. The zero-order valence-electron chi connectivity index (χ0n) is 15.1. The van der Waals surface area contributed by atoms with Crippen molar-refractivity contribution in [1.82, 2.24) is 9.97 Å². The van der Waals surface area contributed by atoms with Gasteiger partial charge in [-0.25, -0.2) is 18.7 Å². The third-order valence-corrected chi connectivity index (χ3v) is 3.74. The van der Waals surface area contributed by atoms with Gasteiger partial charge in [-0.15, -0.1) is 0 Å². The van der Waals surface area contributed by atoms with Gasteiger partial charge in [-0.1, -0.05) is 6.07 Å². The lowest BCUT2D eigenvalue weighted by Crippen LogP contribution is -2.15. The molecule has 3 rings (SSSR count). The molecule has 2 N–H and O–H groups in total. The molecule has 3 aromatic rings. The number of halogens is 2. The predicted octanol–water partition coefficient (Wildman–Crippen LogP) is 4.68. The molecule has 1 aromatic heterocycles. The summed E-state index contributed by atoms with van der Waals surface area (Å²) >= 11 is 0. The van der Waals surface area contributed by atoms with Crippen molar-refractivity contribution in [3.05, 3.63) is 76.7 Å². The number of amides is 1. The van der Waals surface area contributed by atoms with E-state index in [0.717, 1.165) is 23.3 Å². The molecule has 7 heteroatoms. The largest absolute Gasteiger partial charge is 0.340 e. The standard InChI is InChI=1S/C20H18F2N4O/c1-11-6-12(2)8-15(7-11)26-20(27)18-10-19(24-13(3)23-18)25-14-4-5-16(21)17(22)9-14/h4-10H,1-3H3,(H,26,27)(H,23,24,25). The summed E-state index contributed by atoms with van der Waals surface area (Å²) in [6.45, 7) is 5.53. The average molecular weight is 368 g/mol. The lowest BCUT2D eigenvalue weighted by atomic mass is 10.1. The van der Waals surface area contributed by atoms with E-state index in [0.29, 0.717) is 23.0 Å². The molecule has 0 bridgehead atoms. The summed E-state index contributed by atoms with van der Waals surface area (Å²) in [5.74, 6) is -1.63. The van der Waals surface area contributed by atoms with Gasteiger partial charge in [-0.2, -0.15) is 0 Å². The molecule has 0 saturated heterocycles. The summed E-state index contributed by atoms with van der Waals surface area (Å²) in [6.07, 6.45) is 0. The summed E-state index contributed by atoms with van der Waals surface area (Å²) in [7, 11) is 0. The number of carbonyl (C=O) groups is 1. The quantitative estimate of drug-likeness (QED) is 0.702. The maximum Gasteiger partial charge on any atom is 0.274 e. The molecule has 0 aliphatic carbocycles. The number of anilines is 3. The summed E-state index contributed by atoms with van der Waals surface area (Å²) in [6, 6.07) is 10.6. The number of aryl methyl sites for hydroxylation is 3. The second kappa shape index (κ2) is 7.49. The Labute approximate surface area is 155 Å². The second-order valence-corrected chi connectivity index (χ2v) is 6.27. The van der Waals surface area contributed by atoms with Gasteiger partial charge in [0.15, 0.2) is 11.6 Å². The highest BCUT2D eigenvalue weighted by Crippen LogP contribution is 2.19. The van der Waals surface area contributed by atoms with Crippen LogP contribution in [0.5, 0.6) is 0 Å². The van der Waals surface area contributed by atoms with Crippen LogP contribution in [-0.4, -0.2) is 15.9 Å². The minimum absolute atomic E-state index is 0.159. The van der Waals surface area contributed by atoms with E-state index >= 15 is 0 Å². The first-order valence-electron chi connectivity index (χ1n) is 8.27. The third-order valence-electron chi connectivity index (χ3n) is 3.74. The van der Waals surface area contributed by atoms with Crippen molar-refractivity contribution in [3.8, 4) is 0 Å². The fourth-order valence-electron chi connectivity index (χ4n) is 2.71. The zero-order valence-corrected chi connectivity index (χ0v) is 15.1. The number of nitrogens with zero attached hydrogens (tertiary/aromatic N) is 2. The van der Waals surface area contributed by atoms with E-state index in [1.165, 1.54) is 12.1 Å². The van der Waals surface area contributed by atoms with Gasteiger partial charge in [0.1, 0.15) is 17.3 Å². The number of nitrogens with one attached hydrogen (secondary N) is 2. The molecule has 5 nitrogen and oxygen atoms in total. The number of hydrogen-bond acceptors (Lipinski definition) is 4. The summed E-state index contributed by atoms with van der Waals surface area (Å²) < 4.78 is 26.4. The molecule has 1 amide bonds. The van der Waals surface area contributed by atoms with Gasteiger partial charge < -0.3 is 10.6 Å². The highest BCUT2D eigenvalue weighted by Gasteiger charge is 2.12. The molecule has 0 radical (unpaired) electrons. The highest BCUT2D eigenvalue weighted by molar-refractivity contribution is 6.03. The zero-order chi connectivity index (χ0) is 19.6. The van der Waals surface area contributed by atoms with Crippen molar-refractivity contribution >= 4 is 23.1 Å². The van der Waals surface area contributed by atoms with E-state index in [-0.39, 0.29) is 11.6 Å². The molecule has 138 valence electrons. The molecule has 0 spiro atoms. The van der Waals surface area contributed by atoms with E-state index in [9.17, 15) is 13.6 Å². The monoisotopic (exact) mass is 368 g/mol. The summed E-state index contributed by atoms with van der Waals surface area (Å²) in [4.78, 5) is 20.9. The van der Waals surface area contributed by atoms with Crippen LogP contribution in [0, 0.1) is 32.4 Å². The Morgan fingerprint density at radius 2 is 1.56 bits per heavy atom. The topological polar surface area (TPSA) is 66.9 Å². The fourth-order valence-corrected chi connectivity index (χ4v) is 2.71. The fraction of sp³-hybridized carbons (Fsp3) is 0.150. The maximum atomic E-state index is 13.4. The van der Waals surface area contributed by atoms with E-state index in [1.807, 2.05) is 32.0 Å². The Hall–Kier alpha value is -3.35. The molecule has 0 unspecified atom stereocenters. The Morgan fingerprint density at radius 3 is 2.22 bits per heavy atom. The van der Waals surface area contributed by atoms with Crippen molar-refractivity contribution in [3.63, 3.8) is 0 Å². The molecule has 0 fully saturated rings.